The van der Waals surface area contributed by atoms with Crippen LogP contribution in [0.5, 0.6) is 0 Å². The molecule has 0 saturated heterocycles. The van der Waals surface area contributed by atoms with Gasteiger partial charge >= 0.3 is 0 Å². The molecule has 26 heavy (non-hydrogen) atoms. The van der Waals surface area contributed by atoms with Gasteiger partial charge in [0.2, 0.25) is 0 Å². The molecule has 0 spiro atoms. The van der Waals surface area contributed by atoms with Crippen LogP contribution in [0.15, 0.2) is 41.2 Å². The van der Waals surface area contributed by atoms with Crippen molar-refractivity contribution in [2.75, 3.05) is 18.4 Å². The number of likely N-dealkylation sites (N-methyl/N-ethyl adjacent to an activating group) is 1. The molecule has 3 aromatic rings. The number of hydrogen-bond acceptors (Lipinski definition) is 3. The quantitative estimate of drug-likeness (QED) is 0.724. The van der Waals surface area contributed by atoms with Crippen LogP contribution in [0.1, 0.15) is 41.9 Å². The SMILES string of the molecule is CCN(CC)C1CCc2[nH]c3ccc(C(=O)Nc4ccoc4)cc3c2C1. The van der Waals surface area contributed by atoms with Crippen LogP contribution in [-0.4, -0.2) is 34.9 Å². The van der Waals surface area contributed by atoms with Crippen LogP contribution in [0.25, 0.3) is 10.9 Å². The fourth-order valence-electron chi connectivity index (χ4n) is 4.13. The number of hydrogen-bond donors (Lipinski definition) is 2. The van der Waals surface area contributed by atoms with Gasteiger partial charge in [0, 0.05) is 28.2 Å². The number of aromatic nitrogens is 1. The van der Waals surface area contributed by atoms with Gasteiger partial charge in [0.05, 0.1) is 12.0 Å². The number of amides is 1. The lowest BCUT2D eigenvalue weighted by Crippen LogP contribution is -2.38. The lowest BCUT2D eigenvalue weighted by molar-refractivity contribution is 0.102. The van der Waals surface area contributed by atoms with Crippen LogP contribution in [0.2, 0.25) is 0 Å². The average molecular weight is 351 g/mol. The van der Waals surface area contributed by atoms with Gasteiger partial charge in [-0.05, 0) is 62.2 Å². The number of aromatic amines is 1. The maximum Gasteiger partial charge on any atom is 0.255 e. The molecule has 1 amide bonds. The minimum absolute atomic E-state index is 0.112. The van der Waals surface area contributed by atoms with E-state index in [-0.39, 0.29) is 5.91 Å². The van der Waals surface area contributed by atoms with E-state index in [2.05, 4.69) is 29.0 Å². The van der Waals surface area contributed by atoms with Crippen molar-refractivity contribution in [3.8, 4) is 0 Å². The highest BCUT2D eigenvalue weighted by atomic mass is 16.3. The first-order chi connectivity index (χ1) is 12.7. The highest BCUT2D eigenvalue weighted by Gasteiger charge is 2.26. The smallest absolute Gasteiger partial charge is 0.255 e. The Bertz CT molecular complexity index is 907. The molecule has 1 atom stereocenters. The Morgan fingerprint density at radius 2 is 2.15 bits per heavy atom. The van der Waals surface area contributed by atoms with E-state index in [1.807, 2.05) is 18.2 Å². The molecule has 2 heterocycles. The van der Waals surface area contributed by atoms with E-state index in [9.17, 15) is 4.79 Å². The summed E-state index contributed by atoms with van der Waals surface area (Å²) in [6, 6.07) is 8.24. The molecule has 1 aliphatic carbocycles. The van der Waals surface area contributed by atoms with E-state index in [1.54, 1.807) is 12.3 Å². The van der Waals surface area contributed by atoms with Crippen molar-refractivity contribution in [1.82, 2.24) is 9.88 Å². The van der Waals surface area contributed by atoms with E-state index in [1.165, 1.54) is 29.3 Å². The van der Waals surface area contributed by atoms with Crippen LogP contribution in [0.3, 0.4) is 0 Å². The molecule has 1 aliphatic rings. The van der Waals surface area contributed by atoms with E-state index < -0.39 is 0 Å². The molecule has 1 aromatic carbocycles. The summed E-state index contributed by atoms with van der Waals surface area (Å²) in [4.78, 5) is 18.6. The number of carbonyl (C=O) groups is 1. The van der Waals surface area contributed by atoms with Gasteiger partial charge in [0.15, 0.2) is 0 Å². The minimum atomic E-state index is -0.112. The molecule has 5 nitrogen and oxygen atoms in total. The Balaban J connectivity index is 1.64. The summed E-state index contributed by atoms with van der Waals surface area (Å²) < 4.78 is 5.01. The minimum Gasteiger partial charge on any atom is -0.470 e. The summed E-state index contributed by atoms with van der Waals surface area (Å²) in [7, 11) is 0. The third-order valence-electron chi connectivity index (χ3n) is 5.53. The zero-order chi connectivity index (χ0) is 18.1. The molecule has 4 rings (SSSR count). The molecular formula is C21H25N3O2. The maximum absolute atomic E-state index is 12.5. The number of furan rings is 1. The normalized spacial score (nSPS) is 16.8. The molecule has 0 aliphatic heterocycles. The molecule has 5 heteroatoms. The van der Waals surface area contributed by atoms with Crippen molar-refractivity contribution in [3.63, 3.8) is 0 Å². The molecule has 0 bridgehead atoms. The summed E-state index contributed by atoms with van der Waals surface area (Å²) in [6.07, 6.45) is 6.39. The summed E-state index contributed by atoms with van der Waals surface area (Å²) in [5, 5.41) is 4.05. The average Bonchev–Trinajstić information content (AvgIpc) is 3.29. The monoisotopic (exact) mass is 351 g/mol. The van der Waals surface area contributed by atoms with Gasteiger partial charge in [0.25, 0.3) is 5.91 Å². The number of carbonyl (C=O) groups excluding carboxylic acids is 1. The topological polar surface area (TPSA) is 61.3 Å². The maximum atomic E-state index is 12.5. The van der Waals surface area contributed by atoms with Crippen molar-refractivity contribution in [2.24, 2.45) is 0 Å². The number of benzene rings is 1. The Kier molecular flexibility index (Phi) is 4.55. The molecular weight excluding hydrogens is 326 g/mol. The van der Waals surface area contributed by atoms with Gasteiger partial charge in [0.1, 0.15) is 6.26 Å². The third-order valence-corrected chi connectivity index (χ3v) is 5.53. The van der Waals surface area contributed by atoms with Crippen molar-refractivity contribution in [2.45, 2.75) is 39.2 Å². The summed E-state index contributed by atoms with van der Waals surface area (Å²) in [5.74, 6) is -0.112. The Hall–Kier alpha value is -2.53. The van der Waals surface area contributed by atoms with Crippen LogP contribution >= 0.6 is 0 Å². The first-order valence-electron chi connectivity index (χ1n) is 9.40. The zero-order valence-corrected chi connectivity index (χ0v) is 15.3. The first-order valence-corrected chi connectivity index (χ1v) is 9.40. The second kappa shape index (κ2) is 7.00. The highest BCUT2D eigenvalue weighted by molar-refractivity contribution is 6.06. The number of H-pyrrole nitrogens is 1. The summed E-state index contributed by atoms with van der Waals surface area (Å²) in [5.41, 5.74) is 5.17. The van der Waals surface area contributed by atoms with Gasteiger partial charge in [-0.2, -0.15) is 0 Å². The molecule has 2 aromatic heterocycles. The van der Waals surface area contributed by atoms with Gasteiger partial charge in [-0.1, -0.05) is 13.8 Å². The number of rotatable bonds is 5. The van der Waals surface area contributed by atoms with E-state index >= 15 is 0 Å². The van der Waals surface area contributed by atoms with E-state index in [4.69, 9.17) is 4.42 Å². The standard InChI is InChI=1S/C21H25N3O2/c1-3-24(4-2)16-6-8-20-18(12-16)17-11-14(5-7-19(17)23-20)21(25)22-15-9-10-26-13-15/h5,7,9-11,13,16,23H,3-4,6,8,12H2,1-2H3,(H,22,25). The highest BCUT2D eigenvalue weighted by Crippen LogP contribution is 2.31. The van der Waals surface area contributed by atoms with Crippen LogP contribution in [-0.2, 0) is 12.8 Å². The number of nitrogens with one attached hydrogen (secondary N) is 2. The van der Waals surface area contributed by atoms with Gasteiger partial charge in [-0.3, -0.25) is 4.79 Å². The van der Waals surface area contributed by atoms with Crippen molar-refractivity contribution in [3.05, 3.63) is 53.6 Å². The van der Waals surface area contributed by atoms with Gasteiger partial charge < -0.3 is 19.6 Å². The Morgan fingerprint density at radius 1 is 1.31 bits per heavy atom. The molecule has 0 fully saturated rings. The molecule has 0 saturated carbocycles. The number of nitrogens with zero attached hydrogens (tertiary/aromatic N) is 1. The number of fused-ring (bicyclic) bond motifs is 3. The molecule has 0 radical (unpaired) electrons. The third kappa shape index (κ3) is 3.03. The van der Waals surface area contributed by atoms with Crippen LogP contribution < -0.4 is 5.32 Å². The van der Waals surface area contributed by atoms with Gasteiger partial charge in [-0.15, -0.1) is 0 Å². The van der Waals surface area contributed by atoms with E-state index in [0.717, 1.165) is 31.4 Å². The predicted molar refractivity (Wildman–Crippen MR) is 104 cm³/mol. The largest absolute Gasteiger partial charge is 0.470 e. The fraction of sp³-hybridized carbons (Fsp3) is 0.381. The summed E-state index contributed by atoms with van der Waals surface area (Å²) >= 11 is 0. The molecule has 136 valence electrons. The molecule has 2 N–H and O–H groups in total. The second-order valence-electron chi connectivity index (χ2n) is 6.93. The number of aryl methyl sites for hydroxylation is 1. The first kappa shape index (κ1) is 16.9. The fourth-order valence-corrected chi connectivity index (χ4v) is 4.13. The van der Waals surface area contributed by atoms with Crippen LogP contribution in [0.4, 0.5) is 5.69 Å². The zero-order valence-electron chi connectivity index (χ0n) is 15.3. The number of anilines is 1. The second-order valence-corrected chi connectivity index (χ2v) is 6.93. The summed E-state index contributed by atoms with van der Waals surface area (Å²) in [6.45, 7) is 6.62. The van der Waals surface area contributed by atoms with E-state index in [0.29, 0.717) is 17.3 Å². The van der Waals surface area contributed by atoms with Gasteiger partial charge in [-0.25, -0.2) is 0 Å². The van der Waals surface area contributed by atoms with Crippen molar-refractivity contribution < 1.29 is 9.21 Å². The predicted octanol–water partition coefficient (Wildman–Crippen LogP) is 4.21. The van der Waals surface area contributed by atoms with Crippen LogP contribution in [0, 0.1) is 0 Å². The molecule has 1 unspecified atom stereocenters. The Labute approximate surface area is 153 Å². The Morgan fingerprint density at radius 3 is 2.88 bits per heavy atom. The lowest BCUT2D eigenvalue weighted by Gasteiger charge is -2.32. The van der Waals surface area contributed by atoms with Crippen molar-refractivity contribution in [1.29, 1.82) is 0 Å². The van der Waals surface area contributed by atoms with Crippen molar-refractivity contribution >= 4 is 22.5 Å². The lowest BCUT2D eigenvalue weighted by atomic mass is 9.90.